The van der Waals surface area contributed by atoms with E-state index in [0.29, 0.717) is 57.7 Å². The molecule has 1 N–H and O–H groups in total. The minimum atomic E-state index is -0.501. The minimum Gasteiger partial charge on any atom is -0.493 e. The Morgan fingerprint density at radius 1 is 1.21 bits per heavy atom. The van der Waals surface area contributed by atoms with Gasteiger partial charge in [0.25, 0.3) is 5.91 Å². The number of hydrogen-bond acceptors (Lipinski definition) is 6. The van der Waals surface area contributed by atoms with Gasteiger partial charge in [-0.05, 0) is 62.8 Å². The Kier molecular flexibility index (Phi) is 7.80. The number of nitrogens with zero attached hydrogens (tertiary/aromatic N) is 3. The van der Waals surface area contributed by atoms with Crippen LogP contribution in [0.3, 0.4) is 0 Å². The first-order chi connectivity index (χ1) is 16.3. The molecule has 184 valence electrons. The third kappa shape index (κ3) is 5.73. The van der Waals surface area contributed by atoms with Gasteiger partial charge in [-0.15, -0.1) is 11.3 Å². The van der Waals surface area contributed by atoms with E-state index in [1.54, 1.807) is 10.9 Å². The van der Waals surface area contributed by atoms with Crippen LogP contribution in [0, 0.1) is 19.3 Å². The summed E-state index contributed by atoms with van der Waals surface area (Å²) in [5, 5.41) is 12.3. The van der Waals surface area contributed by atoms with Crippen LogP contribution in [-0.2, 0) is 4.79 Å². The van der Waals surface area contributed by atoms with Crippen LogP contribution in [0.25, 0.3) is 0 Å². The molecule has 0 bridgehead atoms. The lowest BCUT2D eigenvalue weighted by Gasteiger charge is -2.43. The number of carbonyl (C=O) groups excluding carboxylic acids is 2. The van der Waals surface area contributed by atoms with Gasteiger partial charge in [-0.2, -0.15) is 0 Å². The third-order valence-corrected chi connectivity index (χ3v) is 8.08. The van der Waals surface area contributed by atoms with E-state index in [9.17, 15) is 14.7 Å². The second kappa shape index (κ2) is 10.6. The summed E-state index contributed by atoms with van der Waals surface area (Å²) in [5.74, 6) is 0.675. The highest BCUT2D eigenvalue weighted by molar-refractivity contribution is 7.07. The van der Waals surface area contributed by atoms with E-state index < -0.39 is 5.41 Å². The van der Waals surface area contributed by atoms with Crippen molar-refractivity contribution >= 4 is 34.8 Å². The molecule has 9 heteroatoms. The number of hydrogen-bond donors (Lipinski definition) is 1. The van der Waals surface area contributed by atoms with Gasteiger partial charge >= 0.3 is 0 Å². The van der Waals surface area contributed by atoms with E-state index in [1.807, 2.05) is 35.8 Å². The van der Waals surface area contributed by atoms with Crippen molar-refractivity contribution in [2.45, 2.75) is 52.1 Å². The Bertz CT molecular complexity index is 1000. The lowest BCUT2D eigenvalue weighted by Crippen LogP contribution is -2.51. The molecule has 0 unspecified atom stereocenters. The molecular weight excluding hydrogens is 474 g/mol. The normalized spacial score (nSPS) is 21.5. The van der Waals surface area contributed by atoms with Crippen LogP contribution in [0.4, 0.5) is 0 Å². The molecule has 3 heterocycles. The zero-order valence-corrected chi connectivity index (χ0v) is 21.3. The Hall–Kier alpha value is -2.16. The standard InChI is InChI=1S/C25H32ClN3O4S/c1-17-10-20(11-18(2)23(17)26)33-15-25(12-22(31)28-8-4-19(30)5-9-28)6-3-7-29(14-25)24(32)21-13-34-16-27-21/h10-11,13,16,19,30H,3-9,12,14-15H2,1-2H3/t25-/m1/s1. The predicted octanol–water partition coefficient (Wildman–Crippen LogP) is 4.09. The zero-order chi connectivity index (χ0) is 24.3. The number of aliphatic hydroxyl groups is 1. The van der Waals surface area contributed by atoms with Gasteiger partial charge in [0.2, 0.25) is 5.91 Å². The Balaban J connectivity index is 1.53. The van der Waals surface area contributed by atoms with Gasteiger partial charge in [0, 0.05) is 48.4 Å². The first-order valence-corrected chi connectivity index (χ1v) is 13.1. The van der Waals surface area contributed by atoms with Crippen LogP contribution < -0.4 is 4.74 Å². The highest BCUT2D eigenvalue weighted by atomic mass is 35.5. The lowest BCUT2D eigenvalue weighted by atomic mass is 9.77. The van der Waals surface area contributed by atoms with Gasteiger partial charge in [-0.25, -0.2) is 4.98 Å². The molecule has 1 aromatic heterocycles. The zero-order valence-electron chi connectivity index (χ0n) is 19.8. The summed E-state index contributed by atoms with van der Waals surface area (Å²) in [7, 11) is 0. The summed E-state index contributed by atoms with van der Waals surface area (Å²) in [5.41, 5.74) is 3.49. The summed E-state index contributed by atoms with van der Waals surface area (Å²) < 4.78 is 6.27. The van der Waals surface area contributed by atoms with E-state index in [4.69, 9.17) is 16.3 Å². The van der Waals surface area contributed by atoms with Crippen molar-refractivity contribution in [3.63, 3.8) is 0 Å². The second-order valence-corrected chi connectivity index (χ2v) is 10.7. The molecule has 4 rings (SSSR count). The third-order valence-electron chi connectivity index (χ3n) is 6.90. The molecular formula is C25H32ClN3O4S. The van der Waals surface area contributed by atoms with Crippen molar-refractivity contribution in [3.05, 3.63) is 44.9 Å². The number of benzene rings is 1. The van der Waals surface area contributed by atoms with Gasteiger partial charge in [0.15, 0.2) is 0 Å². The topological polar surface area (TPSA) is 83.0 Å². The molecule has 1 atom stereocenters. The highest BCUT2D eigenvalue weighted by Crippen LogP contribution is 2.37. The fraction of sp³-hybridized carbons (Fsp3) is 0.560. The number of piperidine rings is 2. The smallest absolute Gasteiger partial charge is 0.273 e. The summed E-state index contributed by atoms with van der Waals surface area (Å²) in [6.45, 7) is 6.43. The number of ether oxygens (including phenoxy) is 1. The number of carbonyl (C=O) groups is 2. The van der Waals surface area contributed by atoms with Crippen molar-refractivity contribution < 1.29 is 19.4 Å². The van der Waals surface area contributed by atoms with Crippen LogP contribution in [0.15, 0.2) is 23.0 Å². The molecule has 0 saturated carbocycles. The first-order valence-electron chi connectivity index (χ1n) is 11.8. The molecule has 0 spiro atoms. The van der Waals surface area contributed by atoms with E-state index >= 15 is 0 Å². The van der Waals surface area contributed by atoms with Gasteiger partial charge in [0.1, 0.15) is 11.4 Å². The summed E-state index contributed by atoms with van der Waals surface area (Å²) in [4.78, 5) is 34.2. The monoisotopic (exact) mass is 505 g/mol. The fourth-order valence-corrected chi connectivity index (χ4v) is 5.58. The maximum Gasteiger partial charge on any atom is 0.273 e. The maximum atomic E-state index is 13.3. The summed E-state index contributed by atoms with van der Waals surface area (Å²) >= 11 is 7.72. The molecule has 1 aromatic carbocycles. The Morgan fingerprint density at radius 2 is 1.91 bits per heavy atom. The van der Waals surface area contributed by atoms with Gasteiger partial charge in [-0.3, -0.25) is 9.59 Å². The van der Waals surface area contributed by atoms with E-state index in [-0.39, 0.29) is 17.9 Å². The van der Waals surface area contributed by atoms with E-state index in [0.717, 1.165) is 34.7 Å². The van der Waals surface area contributed by atoms with Crippen LogP contribution in [0.5, 0.6) is 5.75 Å². The Morgan fingerprint density at radius 3 is 2.56 bits per heavy atom. The van der Waals surface area contributed by atoms with Crippen LogP contribution >= 0.6 is 22.9 Å². The number of rotatable bonds is 6. The van der Waals surface area contributed by atoms with Crippen molar-refractivity contribution in [2.24, 2.45) is 5.41 Å². The van der Waals surface area contributed by atoms with Crippen LogP contribution in [0.1, 0.15) is 53.7 Å². The number of aliphatic hydroxyl groups excluding tert-OH is 1. The molecule has 2 fully saturated rings. The van der Waals surface area contributed by atoms with Crippen molar-refractivity contribution in [2.75, 3.05) is 32.8 Å². The number of aromatic nitrogens is 1. The molecule has 34 heavy (non-hydrogen) atoms. The molecule has 2 aliphatic heterocycles. The number of halogens is 1. The van der Waals surface area contributed by atoms with Crippen LogP contribution in [-0.4, -0.2) is 70.6 Å². The molecule has 2 aromatic rings. The number of likely N-dealkylation sites (tertiary alicyclic amines) is 2. The molecule has 2 amide bonds. The largest absolute Gasteiger partial charge is 0.493 e. The van der Waals surface area contributed by atoms with Crippen molar-refractivity contribution in [3.8, 4) is 5.75 Å². The van der Waals surface area contributed by atoms with Gasteiger partial charge in [-0.1, -0.05) is 11.6 Å². The fourth-order valence-electron chi connectivity index (χ4n) is 4.95. The van der Waals surface area contributed by atoms with Gasteiger partial charge in [0.05, 0.1) is 18.2 Å². The van der Waals surface area contributed by atoms with E-state index in [2.05, 4.69) is 4.98 Å². The predicted molar refractivity (Wildman–Crippen MR) is 133 cm³/mol. The quantitative estimate of drug-likeness (QED) is 0.639. The number of aryl methyl sites for hydroxylation is 2. The molecule has 7 nitrogen and oxygen atoms in total. The molecule has 0 radical (unpaired) electrons. The SMILES string of the molecule is Cc1cc(OC[C@@]2(CC(=O)N3CCC(O)CC3)CCCN(C(=O)c3cscn3)C2)cc(C)c1Cl. The maximum absolute atomic E-state index is 13.3. The minimum absolute atomic E-state index is 0.0573. The number of thiazole rings is 1. The first kappa shape index (κ1) is 24.9. The average molecular weight is 506 g/mol. The number of amides is 2. The van der Waals surface area contributed by atoms with Crippen LogP contribution in [0.2, 0.25) is 5.02 Å². The van der Waals surface area contributed by atoms with Crippen molar-refractivity contribution in [1.82, 2.24) is 14.8 Å². The molecule has 0 aliphatic carbocycles. The van der Waals surface area contributed by atoms with Gasteiger partial charge < -0.3 is 19.6 Å². The molecule has 2 aliphatic rings. The molecule has 2 saturated heterocycles. The summed E-state index contributed by atoms with van der Waals surface area (Å²) in [6.07, 6.45) is 2.76. The van der Waals surface area contributed by atoms with E-state index in [1.165, 1.54) is 11.3 Å². The van der Waals surface area contributed by atoms with Crippen molar-refractivity contribution in [1.29, 1.82) is 0 Å². The lowest BCUT2D eigenvalue weighted by molar-refractivity contribution is -0.137. The summed E-state index contributed by atoms with van der Waals surface area (Å²) in [6, 6.07) is 3.83. The Labute approximate surface area is 209 Å². The average Bonchev–Trinajstić information content (AvgIpc) is 3.36. The highest BCUT2D eigenvalue weighted by Gasteiger charge is 2.41. The second-order valence-electron chi connectivity index (χ2n) is 9.65.